The average Bonchev–Trinajstić information content (AvgIpc) is 3.47. The van der Waals surface area contributed by atoms with Crippen molar-refractivity contribution in [3.05, 3.63) is 58.1 Å². The van der Waals surface area contributed by atoms with Gasteiger partial charge < -0.3 is 9.84 Å². The maximum atomic E-state index is 13.4. The van der Waals surface area contributed by atoms with Crippen LogP contribution < -0.4 is 5.32 Å². The van der Waals surface area contributed by atoms with Crippen LogP contribution in [0.1, 0.15) is 29.2 Å². The number of thiophene rings is 1. The number of carbonyl (C=O) groups excluding carboxylic acids is 1. The number of piperidine rings is 1. The van der Waals surface area contributed by atoms with E-state index in [-0.39, 0.29) is 35.6 Å². The Morgan fingerprint density at radius 1 is 1.24 bits per heavy atom. The highest BCUT2D eigenvalue weighted by Gasteiger charge is 2.35. The molecule has 0 atom stereocenters. The van der Waals surface area contributed by atoms with Gasteiger partial charge in [0.1, 0.15) is 5.69 Å². The van der Waals surface area contributed by atoms with Crippen molar-refractivity contribution in [2.45, 2.75) is 29.6 Å². The highest BCUT2D eigenvalue weighted by molar-refractivity contribution is 7.98. The first kappa shape index (κ1) is 23.7. The van der Waals surface area contributed by atoms with Crippen molar-refractivity contribution in [3.8, 4) is 0 Å². The van der Waals surface area contributed by atoms with E-state index in [2.05, 4.69) is 10.5 Å². The number of anilines is 1. The minimum absolute atomic E-state index is 0.0778. The molecule has 0 unspecified atom stereocenters. The average molecular weight is 504 g/mol. The second-order valence-corrected chi connectivity index (χ2v) is 11.4. The molecule has 3 aromatic rings. The fourth-order valence-corrected chi connectivity index (χ4v) is 6.57. The molecule has 1 amide bonds. The highest BCUT2D eigenvalue weighted by atomic mass is 32.2. The summed E-state index contributed by atoms with van der Waals surface area (Å²) in [5.74, 6) is -0.100. The first-order valence-electron chi connectivity index (χ1n) is 10.5. The Bertz CT molecular complexity index is 1240. The predicted molar refractivity (Wildman–Crippen MR) is 133 cm³/mol. The van der Waals surface area contributed by atoms with Gasteiger partial charge in [-0.05, 0) is 67.8 Å². The number of aromatic nitrogens is 1. The van der Waals surface area contributed by atoms with E-state index in [9.17, 15) is 13.2 Å². The number of thioether (sulfide) groups is 1. The van der Waals surface area contributed by atoms with Gasteiger partial charge in [0.2, 0.25) is 15.9 Å². The second-order valence-electron chi connectivity index (χ2n) is 7.71. The summed E-state index contributed by atoms with van der Waals surface area (Å²) in [7, 11) is -3.79. The maximum absolute atomic E-state index is 13.4. The van der Waals surface area contributed by atoms with Gasteiger partial charge in [0.05, 0.1) is 0 Å². The van der Waals surface area contributed by atoms with Gasteiger partial charge in [0, 0.05) is 34.5 Å². The minimum Gasteiger partial charge on any atom is -0.355 e. The van der Waals surface area contributed by atoms with Crippen molar-refractivity contribution in [2.24, 2.45) is 5.92 Å². The van der Waals surface area contributed by atoms with E-state index in [1.807, 2.05) is 54.1 Å². The van der Waals surface area contributed by atoms with Gasteiger partial charge in [0.25, 0.3) is 0 Å². The Labute approximate surface area is 201 Å². The van der Waals surface area contributed by atoms with Gasteiger partial charge in [-0.2, -0.15) is 4.31 Å². The standard InChI is InChI=1S/C23H25N3O4S3/c1-16-22(21(30-25-16)9-8-19-7-4-14-32-19)33(28,29)26-12-10-17(11-13-26)23(27)24-18-5-3-6-20(15-18)31-2/h3-9,14-15,17H,10-13H2,1-2H3,(H,24,27)/b9-8+. The molecule has 7 nitrogen and oxygen atoms in total. The molecule has 1 N–H and O–H groups in total. The zero-order valence-electron chi connectivity index (χ0n) is 18.4. The first-order chi connectivity index (χ1) is 15.9. The van der Waals surface area contributed by atoms with Crippen molar-refractivity contribution >= 4 is 56.9 Å². The number of aryl methyl sites for hydroxylation is 1. The van der Waals surface area contributed by atoms with Crippen LogP contribution in [0.4, 0.5) is 5.69 Å². The normalized spacial score (nSPS) is 15.8. The summed E-state index contributed by atoms with van der Waals surface area (Å²) in [6, 6.07) is 11.5. The summed E-state index contributed by atoms with van der Waals surface area (Å²) < 4.78 is 33.5. The van der Waals surface area contributed by atoms with E-state index in [0.29, 0.717) is 18.5 Å². The van der Waals surface area contributed by atoms with Crippen LogP contribution in [0.2, 0.25) is 0 Å². The van der Waals surface area contributed by atoms with Crippen LogP contribution in [0, 0.1) is 12.8 Å². The fourth-order valence-electron chi connectivity index (χ4n) is 3.78. The lowest BCUT2D eigenvalue weighted by Gasteiger charge is -2.30. The number of hydrogen-bond donors (Lipinski definition) is 1. The summed E-state index contributed by atoms with van der Waals surface area (Å²) in [4.78, 5) is 14.9. The van der Waals surface area contributed by atoms with Gasteiger partial charge in [-0.3, -0.25) is 4.79 Å². The molecule has 1 saturated heterocycles. The molecule has 0 spiro atoms. The molecule has 1 aliphatic rings. The number of rotatable bonds is 7. The maximum Gasteiger partial charge on any atom is 0.248 e. The third-order valence-corrected chi connectivity index (χ3v) is 9.16. The third-order valence-electron chi connectivity index (χ3n) is 5.54. The molecule has 1 fully saturated rings. The SMILES string of the molecule is CSc1cccc(NC(=O)C2CCN(S(=O)(=O)c3c(C)noc3/C=C/c3cccs3)CC2)c1. The Hall–Kier alpha value is -2.40. The van der Waals surface area contributed by atoms with E-state index in [0.717, 1.165) is 15.5 Å². The Balaban J connectivity index is 1.43. The lowest BCUT2D eigenvalue weighted by atomic mass is 9.97. The largest absolute Gasteiger partial charge is 0.355 e. The van der Waals surface area contributed by atoms with Crippen LogP contribution in [-0.2, 0) is 14.8 Å². The number of sulfonamides is 1. The molecule has 2 aromatic heterocycles. The monoisotopic (exact) mass is 503 g/mol. The van der Waals surface area contributed by atoms with Gasteiger partial charge in [-0.25, -0.2) is 8.42 Å². The van der Waals surface area contributed by atoms with Crippen LogP contribution >= 0.6 is 23.1 Å². The van der Waals surface area contributed by atoms with E-state index < -0.39 is 10.0 Å². The van der Waals surface area contributed by atoms with Crippen molar-refractivity contribution in [2.75, 3.05) is 24.7 Å². The molecule has 0 saturated carbocycles. The number of nitrogens with zero attached hydrogens (tertiary/aromatic N) is 2. The molecule has 4 rings (SSSR count). The van der Waals surface area contributed by atoms with Crippen LogP contribution in [0.5, 0.6) is 0 Å². The lowest BCUT2D eigenvalue weighted by Crippen LogP contribution is -2.41. The third kappa shape index (κ3) is 5.40. The van der Waals surface area contributed by atoms with Crippen LogP contribution in [0.3, 0.4) is 0 Å². The lowest BCUT2D eigenvalue weighted by molar-refractivity contribution is -0.120. The quantitative estimate of drug-likeness (QED) is 0.457. The van der Waals surface area contributed by atoms with Crippen LogP contribution in [0.15, 0.2) is 56.1 Å². The Morgan fingerprint density at radius 2 is 2.03 bits per heavy atom. The molecule has 3 heterocycles. The molecule has 33 heavy (non-hydrogen) atoms. The fraction of sp³-hybridized carbons (Fsp3) is 0.304. The number of benzene rings is 1. The number of nitrogens with one attached hydrogen (secondary N) is 1. The smallest absolute Gasteiger partial charge is 0.248 e. The minimum atomic E-state index is -3.79. The summed E-state index contributed by atoms with van der Waals surface area (Å²) in [5.41, 5.74) is 1.08. The van der Waals surface area contributed by atoms with Crippen LogP contribution in [-0.4, -0.2) is 43.1 Å². The molecule has 1 aromatic carbocycles. The van der Waals surface area contributed by atoms with Gasteiger partial charge in [-0.1, -0.05) is 17.3 Å². The summed E-state index contributed by atoms with van der Waals surface area (Å²) >= 11 is 3.16. The topological polar surface area (TPSA) is 92.5 Å². The number of hydrogen-bond acceptors (Lipinski definition) is 7. The van der Waals surface area contributed by atoms with Crippen molar-refractivity contribution in [1.29, 1.82) is 0 Å². The Kier molecular flexibility index (Phi) is 7.38. The van der Waals surface area contributed by atoms with Crippen LogP contribution in [0.25, 0.3) is 12.2 Å². The highest BCUT2D eigenvalue weighted by Crippen LogP contribution is 2.30. The van der Waals surface area contributed by atoms with E-state index in [4.69, 9.17) is 4.52 Å². The zero-order chi connectivity index (χ0) is 23.4. The molecule has 0 aliphatic carbocycles. The van der Waals surface area contributed by atoms with Crippen molar-refractivity contribution < 1.29 is 17.7 Å². The Morgan fingerprint density at radius 3 is 2.73 bits per heavy atom. The van der Waals surface area contributed by atoms with E-state index in [1.54, 1.807) is 36.1 Å². The molecule has 1 aliphatic heterocycles. The summed E-state index contributed by atoms with van der Waals surface area (Å²) in [6.45, 7) is 2.16. The summed E-state index contributed by atoms with van der Waals surface area (Å²) in [6.07, 6.45) is 6.35. The number of carbonyl (C=O) groups is 1. The molecule has 174 valence electrons. The molecule has 10 heteroatoms. The summed E-state index contributed by atoms with van der Waals surface area (Å²) in [5, 5.41) is 8.80. The van der Waals surface area contributed by atoms with E-state index >= 15 is 0 Å². The molecular weight excluding hydrogens is 478 g/mol. The predicted octanol–water partition coefficient (Wildman–Crippen LogP) is 4.98. The molecular formula is C23H25N3O4S3. The zero-order valence-corrected chi connectivity index (χ0v) is 20.8. The van der Waals surface area contributed by atoms with Gasteiger partial charge >= 0.3 is 0 Å². The van der Waals surface area contributed by atoms with Crippen molar-refractivity contribution in [1.82, 2.24) is 9.46 Å². The molecule has 0 bridgehead atoms. The second kappa shape index (κ2) is 10.3. The number of amides is 1. The van der Waals surface area contributed by atoms with E-state index in [1.165, 1.54) is 4.31 Å². The first-order valence-corrected chi connectivity index (χ1v) is 14.1. The van der Waals surface area contributed by atoms with Crippen molar-refractivity contribution in [3.63, 3.8) is 0 Å². The van der Waals surface area contributed by atoms with Gasteiger partial charge in [-0.15, -0.1) is 23.1 Å². The molecule has 0 radical (unpaired) electrons. The van der Waals surface area contributed by atoms with Gasteiger partial charge in [0.15, 0.2) is 10.7 Å².